The molecule has 4 nitrogen and oxygen atoms in total. The predicted octanol–water partition coefficient (Wildman–Crippen LogP) is 3.74. The van der Waals surface area contributed by atoms with E-state index in [1.54, 1.807) is 4.90 Å². The van der Waals surface area contributed by atoms with Crippen LogP contribution in [0, 0.1) is 11.6 Å². The summed E-state index contributed by atoms with van der Waals surface area (Å²) in [7, 11) is 0. The summed E-state index contributed by atoms with van der Waals surface area (Å²) in [6, 6.07) is 3.62. The molecule has 1 heterocycles. The third-order valence-corrected chi connectivity index (χ3v) is 3.30. The van der Waals surface area contributed by atoms with E-state index in [9.17, 15) is 13.6 Å². The van der Waals surface area contributed by atoms with Gasteiger partial charge in [0.15, 0.2) is 17.4 Å². The van der Waals surface area contributed by atoms with Gasteiger partial charge >= 0.3 is 6.09 Å². The maximum atomic E-state index is 13.5. The molecule has 1 saturated heterocycles. The van der Waals surface area contributed by atoms with E-state index in [0.717, 1.165) is 12.1 Å². The summed E-state index contributed by atoms with van der Waals surface area (Å²) in [5, 5.41) is 0. The molecule has 0 unspecified atom stereocenters. The van der Waals surface area contributed by atoms with E-state index in [2.05, 4.69) is 0 Å². The van der Waals surface area contributed by atoms with E-state index in [4.69, 9.17) is 9.47 Å². The first-order valence-corrected chi connectivity index (χ1v) is 7.35. The van der Waals surface area contributed by atoms with Crippen LogP contribution in [0.4, 0.5) is 13.6 Å². The van der Waals surface area contributed by atoms with Gasteiger partial charge in [-0.1, -0.05) is 6.07 Å². The number of carbonyl (C=O) groups excluding carboxylic acids is 1. The van der Waals surface area contributed by atoms with Gasteiger partial charge in [-0.05, 0) is 32.9 Å². The molecular formula is C16H21F2NO3. The highest BCUT2D eigenvalue weighted by Gasteiger charge is 2.28. The van der Waals surface area contributed by atoms with Crippen molar-refractivity contribution in [2.75, 3.05) is 13.1 Å². The van der Waals surface area contributed by atoms with Crippen molar-refractivity contribution >= 4 is 6.09 Å². The van der Waals surface area contributed by atoms with Gasteiger partial charge in [0.25, 0.3) is 0 Å². The number of hydrogen-bond donors (Lipinski definition) is 0. The van der Waals surface area contributed by atoms with Crippen LogP contribution in [0.1, 0.15) is 33.6 Å². The summed E-state index contributed by atoms with van der Waals surface area (Å²) in [6.07, 6.45) is 0.327. The highest BCUT2D eigenvalue weighted by Crippen LogP contribution is 2.25. The summed E-state index contributed by atoms with van der Waals surface area (Å²) in [5.41, 5.74) is -0.541. The number of nitrogens with zero attached hydrogens (tertiary/aromatic N) is 1. The van der Waals surface area contributed by atoms with Crippen LogP contribution in [0.15, 0.2) is 18.2 Å². The minimum absolute atomic E-state index is 0.315. The molecule has 1 amide bonds. The first-order chi connectivity index (χ1) is 10.3. The van der Waals surface area contributed by atoms with E-state index in [0.29, 0.717) is 25.9 Å². The lowest BCUT2D eigenvalue weighted by molar-refractivity contribution is 0.0119. The average Bonchev–Trinajstić information content (AvgIpc) is 2.42. The molecule has 0 N–H and O–H groups in total. The zero-order valence-electron chi connectivity index (χ0n) is 13.1. The van der Waals surface area contributed by atoms with Crippen molar-refractivity contribution in [3.8, 4) is 5.75 Å². The molecule has 2 rings (SSSR count). The number of halogens is 2. The Morgan fingerprint density at radius 2 is 1.73 bits per heavy atom. The van der Waals surface area contributed by atoms with Crippen LogP contribution in [0.5, 0.6) is 5.75 Å². The van der Waals surface area contributed by atoms with Gasteiger partial charge in [-0.15, -0.1) is 0 Å². The molecular weight excluding hydrogens is 292 g/mol. The van der Waals surface area contributed by atoms with E-state index < -0.39 is 17.2 Å². The van der Waals surface area contributed by atoms with Crippen molar-refractivity contribution in [2.24, 2.45) is 0 Å². The van der Waals surface area contributed by atoms with Crippen LogP contribution in [0.25, 0.3) is 0 Å². The van der Waals surface area contributed by atoms with Crippen molar-refractivity contribution in [3.63, 3.8) is 0 Å². The Kier molecular flexibility index (Phi) is 4.88. The smallest absolute Gasteiger partial charge is 0.410 e. The van der Waals surface area contributed by atoms with Crippen molar-refractivity contribution in [1.29, 1.82) is 0 Å². The number of carbonyl (C=O) groups is 1. The molecule has 0 saturated carbocycles. The third kappa shape index (κ3) is 4.32. The van der Waals surface area contributed by atoms with Gasteiger partial charge < -0.3 is 14.4 Å². The van der Waals surface area contributed by atoms with Crippen molar-refractivity contribution in [3.05, 3.63) is 29.8 Å². The first kappa shape index (κ1) is 16.5. The zero-order chi connectivity index (χ0) is 16.3. The summed E-state index contributed by atoms with van der Waals surface area (Å²) >= 11 is 0. The maximum Gasteiger partial charge on any atom is 0.410 e. The molecule has 6 heteroatoms. The minimum Gasteiger partial charge on any atom is -0.484 e. The van der Waals surface area contributed by atoms with Gasteiger partial charge in [0.1, 0.15) is 11.7 Å². The second kappa shape index (κ2) is 6.50. The standard InChI is InChI=1S/C16H21F2NO3/c1-16(2,3)22-15(20)19-9-7-11(8-10-19)21-14-12(17)5-4-6-13(14)18/h4-6,11H,7-10H2,1-3H3. The van der Waals surface area contributed by atoms with Crippen LogP contribution in [-0.2, 0) is 4.74 Å². The van der Waals surface area contributed by atoms with E-state index in [1.807, 2.05) is 20.8 Å². The molecule has 1 aromatic rings. The predicted molar refractivity (Wildman–Crippen MR) is 77.8 cm³/mol. The number of ether oxygens (including phenoxy) is 2. The van der Waals surface area contributed by atoms with Crippen molar-refractivity contribution in [1.82, 2.24) is 4.90 Å². The Balaban J connectivity index is 1.89. The molecule has 0 bridgehead atoms. The van der Waals surface area contributed by atoms with Gasteiger partial charge in [-0.2, -0.15) is 0 Å². The molecule has 0 atom stereocenters. The Morgan fingerprint density at radius 1 is 1.18 bits per heavy atom. The van der Waals surface area contributed by atoms with Gasteiger partial charge in [-0.25, -0.2) is 13.6 Å². The molecule has 1 aliphatic heterocycles. The van der Waals surface area contributed by atoms with Gasteiger partial charge in [0.05, 0.1) is 0 Å². The molecule has 1 aliphatic rings. The van der Waals surface area contributed by atoms with E-state index in [1.165, 1.54) is 6.07 Å². The second-order valence-corrected chi connectivity index (χ2v) is 6.34. The van der Waals surface area contributed by atoms with Crippen LogP contribution < -0.4 is 4.74 Å². The third-order valence-electron chi connectivity index (χ3n) is 3.30. The number of likely N-dealkylation sites (tertiary alicyclic amines) is 1. The van der Waals surface area contributed by atoms with Crippen LogP contribution in [-0.4, -0.2) is 35.8 Å². The second-order valence-electron chi connectivity index (χ2n) is 6.34. The molecule has 22 heavy (non-hydrogen) atoms. The van der Waals surface area contributed by atoms with Crippen molar-refractivity contribution in [2.45, 2.75) is 45.3 Å². The van der Waals surface area contributed by atoms with Gasteiger partial charge in [-0.3, -0.25) is 0 Å². The molecule has 0 spiro atoms. The fraction of sp³-hybridized carbons (Fsp3) is 0.562. The minimum atomic E-state index is -0.713. The van der Waals surface area contributed by atoms with E-state index >= 15 is 0 Å². The summed E-state index contributed by atoms with van der Waals surface area (Å²) in [6.45, 7) is 6.30. The summed E-state index contributed by atoms with van der Waals surface area (Å²) in [4.78, 5) is 13.5. The molecule has 0 radical (unpaired) electrons. The largest absolute Gasteiger partial charge is 0.484 e. The highest BCUT2D eigenvalue weighted by molar-refractivity contribution is 5.68. The number of benzene rings is 1. The lowest BCUT2D eigenvalue weighted by atomic mass is 10.1. The fourth-order valence-corrected chi connectivity index (χ4v) is 2.24. The lowest BCUT2D eigenvalue weighted by Crippen LogP contribution is -2.44. The van der Waals surface area contributed by atoms with Crippen LogP contribution >= 0.6 is 0 Å². The topological polar surface area (TPSA) is 38.8 Å². The Morgan fingerprint density at radius 3 is 2.23 bits per heavy atom. The molecule has 122 valence electrons. The fourth-order valence-electron chi connectivity index (χ4n) is 2.24. The van der Waals surface area contributed by atoms with Gasteiger partial charge in [0.2, 0.25) is 0 Å². The van der Waals surface area contributed by atoms with Gasteiger partial charge in [0, 0.05) is 25.9 Å². The number of rotatable bonds is 2. The van der Waals surface area contributed by atoms with Crippen LogP contribution in [0.2, 0.25) is 0 Å². The molecule has 0 aliphatic carbocycles. The maximum absolute atomic E-state index is 13.5. The lowest BCUT2D eigenvalue weighted by Gasteiger charge is -2.33. The monoisotopic (exact) mass is 313 g/mol. The highest BCUT2D eigenvalue weighted by atomic mass is 19.1. The number of piperidine rings is 1. The Bertz CT molecular complexity index is 514. The molecule has 1 aromatic carbocycles. The quantitative estimate of drug-likeness (QED) is 0.835. The summed E-state index contributed by atoms with van der Waals surface area (Å²) < 4.78 is 37.8. The van der Waals surface area contributed by atoms with Crippen molar-refractivity contribution < 1.29 is 23.0 Å². The van der Waals surface area contributed by atoms with Crippen LogP contribution in [0.3, 0.4) is 0 Å². The molecule has 1 fully saturated rings. The number of para-hydroxylation sites is 1. The average molecular weight is 313 g/mol. The number of hydrogen-bond acceptors (Lipinski definition) is 3. The van der Waals surface area contributed by atoms with E-state index in [-0.39, 0.29) is 17.9 Å². The normalized spacial score (nSPS) is 16.5. The Labute approximate surface area is 129 Å². The summed E-state index contributed by atoms with van der Waals surface area (Å²) in [5.74, 6) is -1.78. The zero-order valence-corrected chi connectivity index (χ0v) is 13.1. The Hall–Kier alpha value is -1.85. The first-order valence-electron chi connectivity index (χ1n) is 7.35. The molecule has 0 aromatic heterocycles. The number of amides is 1. The SMILES string of the molecule is CC(C)(C)OC(=O)N1CCC(Oc2c(F)cccc2F)CC1.